The van der Waals surface area contributed by atoms with Crippen molar-refractivity contribution >= 4 is 28.6 Å². The number of likely N-dealkylation sites (tertiary alicyclic amines) is 1. The molecular weight excluding hydrogens is 300 g/mol. The summed E-state index contributed by atoms with van der Waals surface area (Å²) in [6.07, 6.45) is 5.61. The molecule has 21 heavy (non-hydrogen) atoms. The van der Waals surface area contributed by atoms with E-state index in [0.29, 0.717) is 11.7 Å². The topological polar surface area (TPSA) is 33.2 Å². The minimum atomic E-state index is 0.121. The number of carbonyl (C=O) groups excluding carboxylic acids is 1. The van der Waals surface area contributed by atoms with Gasteiger partial charge >= 0.3 is 0 Å². The summed E-state index contributed by atoms with van der Waals surface area (Å²) in [7, 11) is 0. The first-order valence-corrected chi connectivity index (χ1v) is 9.25. The van der Waals surface area contributed by atoms with Crippen molar-refractivity contribution in [1.82, 2.24) is 9.88 Å². The first-order valence-electron chi connectivity index (χ1n) is 7.49. The number of nitrogens with zero attached hydrogens (tertiary/aromatic N) is 2. The van der Waals surface area contributed by atoms with Gasteiger partial charge in [-0.3, -0.25) is 4.79 Å². The average molecular weight is 320 g/mol. The fourth-order valence-corrected chi connectivity index (χ4v) is 4.25. The highest BCUT2D eigenvalue weighted by Crippen LogP contribution is 2.24. The Kier molecular flexibility index (Phi) is 4.70. The quantitative estimate of drug-likeness (QED) is 0.848. The highest BCUT2D eigenvalue weighted by molar-refractivity contribution is 7.10. The van der Waals surface area contributed by atoms with Crippen molar-refractivity contribution in [2.24, 2.45) is 0 Å². The molecule has 3 heterocycles. The van der Waals surface area contributed by atoms with E-state index < -0.39 is 0 Å². The van der Waals surface area contributed by atoms with E-state index in [9.17, 15) is 4.79 Å². The second kappa shape index (κ2) is 6.71. The average Bonchev–Trinajstić information content (AvgIpc) is 3.16. The molecule has 5 heteroatoms. The first-order chi connectivity index (χ1) is 10.2. The number of aromatic nitrogens is 1. The molecule has 0 aromatic carbocycles. The van der Waals surface area contributed by atoms with Crippen molar-refractivity contribution in [1.29, 1.82) is 0 Å². The van der Waals surface area contributed by atoms with Gasteiger partial charge < -0.3 is 4.90 Å². The van der Waals surface area contributed by atoms with Crippen LogP contribution in [0.25, 0.3) is 0 Å². The number of aryl methyl sites for hydroxylation is 2. The third-order valence-corrected chi connectivity index (χ3v) is 5.74. The van der Waals surface area contributed by atoms with Gasteiger partial charge in [0.1, 0.15) is 5.69 Å². The van der Waals surface area contributed by atoms with Crippen LogP contribution in [0.1, 0.15) is 46.1 Å². The van der Waals surface area contributed by atoms with Crippen molar-refractivity contribution in [3.05, 3.63) is 38.5 Å². The fraction of sp³-hybridized carbons (Fsp3) is 0.500. The number of amides is 1. The third kappa shape index (κ3) is 3.52. The largest absolute Gasteiger partial charge is 0.334 e. The number of carbonyl (C=O) groups is 1. The second-order valence-electron chi connectivity index (χ2n) is 5.52. The molecule has 1 saturated heterocycles. The Morgan fingerprint density at radius 1 is 1.43 bits per heavy atom. The zero-order chi connectivity index (χ0) is 14.7. The van der Waals surface area contributed by atoms with E-state index >= 15 is 0 Å². The van der Waals surface area contributed by atoms with Gasteiger partial charge in [-0.05, 0) is 50.5 Å². The number of thiazole rings is 1. The molecule has 1 aliphatic heterocycles. The van der Waals surface area contributed by atoms with Crippen molar-refractivity contribution in [3.8, 4) is 0 Å². The molecule has 0 aliphatic carbocycles. The van der Waals surface area contributed by atoms with Gasteiger partial charge in [0.05, 0.1) is 5.01 Å². The highest BCUT2D eigenvalue weighted by atomic mass is 32.1. The van der Waals surface area contributed by atoms with E-state index in [1.54, 1.807) is 22.7 Å². The Hall–Kier alpha value is -1.20. The minimum absolute atomic E-state index is 0.121. The van der Waals surface area contributed by atoms with Crippen molar-refractivity contribution < 1.29 is 4.79 Å². The molecule has 1 aliphatic rings. The third-order valence-electron chi connectivity index (χ3n) is 4.03. The van der Waals surface area contributed by atoms with Crippen LogP contribution in [0.4, 0.5) is 0 Å². The molecular formula is C16H20N2OS2. The molecule has 1 fully saturated rings. The lowest BCUT2D eigenvalue weighted by molar-refractivity contribution is 0.0597. The van der Waals surface area contributed by atoms with Crippen molar-refractivity contribution in [2.75, 3.05) is 6.54 Å². The molecule has 0 spiro atoms. The second-order valence-corrected chi connectivity index (χ2v) is 7.61. The normalized spacial score (nSPS) is 18.9. The van der Waals surface area contributed by atoms with Crippen LogP contribution in [0.2, 0.25) is 0 Å². The van der Waals surface area contributed by atoms with Gasteiger partial charge in [-0.25, -0.2) is 4.98 Å². The van der Waals surface area contributed by atoms with Gasteiger partial charge in [-0.2, -0.15) is 0 Å². The zero-order valence-electron chi connectivity index (χ0n) is 12.2. The summed E-state index contributed by atoms with van der Waals surface area (Å²) in [4.78, 5) is 20.5. The lowest BCUT2D eigenvalue weighted by atomic mass is 9.97. The summed E-state index contributed by atoms with van der Waals surface area (Å²) < 4.78 is 0. The predicted octanol–water partition coefficient (Wildman–Crippen LogP) is 4.14. The molecule has 2 aromatic rings. The molecule has 3 nitrogen and oxygen atoms in total. The highest BCUT2D eigenvalue weighted by Gasteiger charge is 2.28. The monoisotopic (exact) mass is 320 g/mol. The summed E-state index contributed by atoms with van der Waals surface area (Å²) in [5, 5.41) is 4.98. The smallest absolute Gasteiger partial charge is 0.273 e. The molecule has 0 radical (unpaired) electrons. The number of hydrogen-bond donors (Lipinski definition) is 0. The zero-order valence-corrected chi connectivity index (χ0v) is 13.9. The standard InChI is InChI=1S/C16H20N2OS2/c1-12-17-15(11-21-12)16(19)18-9-3-2-5-13(18)7-8-14-6-4-10-20-14/h4,6,10-11,13H,2-3,5,7-9H2,1H3/t13-/m0/s1. The Morgan fingerprint density at radius 2 is 2.33 bits per heavy atom. The lowest BCUT2D eigenvalue weighted by Crippen LogP contribution is -2.44. The predicted molar refractivity (Wildman–Crippen MR) is 88.2 cm³/mol. The summed E-state index contributed by atoms with van der Waals surface area (Å²) >= 11 is 3.36. The molecule has 0 N–H and O–H groups in total. The maximum atomic E-state index is 12.7. The lowest BCUT2D eigenvalue weighted by Gasteiger charge is -2.35. The van der Waals surface area contributed by atoms with Gasteiger partial charge in [-0.1, -0.05) is 6.07 Å². The van der Waals surface area contributed by atoms with Gasteiger partial charge in [-0.15, -0.1) is 22.7 Å². The van der Waals surface area contributed by atoms with Crippen LogP contribution in [0, 0.1) is 6.92 Å². The van der Waals surface area contributed by atoms with Gasteiger partial charge in [0.15, 0.2) is 0 Å². The van der Waals surface area contributed by atoms with E-state index in [0.717, 1.165) is 37.2 Å². The van der Waals surface area contributed by atoms with Gasteiger partial charge in [0.2, 0.25) is 0 Å². The molecule has 0 unspecified atom stereocenters. The maximum Gasteiger partial charge on any atom is 0.273 e. The summed E-state index contributed by atoms with van der Waals surface area (Å²) in [6.45, 7) is 2.83. The summed E-state index contributed by atoms with van der Waals surface area (Å²) in [6, 6.07) is 4.65. The Bertz CT molecular complexity index is 591. The molecule has 1 amide bonds. The van der Waals surface area contributed by atoms with E-state index in [1.165, 1.54) is 11.3 Å². The van der Waals surface area contributed by atoms with E-state index in [4.69, 9.17) is 0 Å². The van der Waals surface area contributed by atoms with E-state index in [-0.39, 0.29) is 5.91 Å². The van der Waals surface area contributed by atoms with Gasteiger partial charge in [0, 0.05) is 22.8 Å². The molecule has 2 aromatic heterocycles. The molecule has 112 valence electrons. The van der Waals surface area contributed by atoms with Crippen LogP contribution in [0.5, 0.6) is 0 Å². The summed E-state index contributed by atoms with van der Waals surface area (Å²) in [5.74, 6) is 0.121. The number of rotatable bonds is 4. The van der Waals surface area contributed by atoms with Crippen LogP contribution in [0.15, 0.2) is 22.9 Å². The molecule has 3 rings (SSSR count). The molecule has 1 atom stereocenters. The van der Waals surface area contributed by atoms with Crippen LogP contribution < -0.4 is 0 Å². The maximum absolute atomic E-state index is 12.7. The van der Waals surface area contributed by atoms with Crippen LogP contribution >= 0.6 is 22.7 Å². The van der Waals surface area contributed by atoms with Crippen LogP contribution in [-0.2, 0) is 6.42 Å². The molecule has 0 saturated carbocycles. The SMILES string of the molecule is Cc1nc(C(=O)N2CCCC[C@H]2CCc2cccs2)cs1. The fourth-order valence-electron chi connectivity index (χ4n) is 2.94. The summed E-state index contributed by atoms with van der Waals surface area (Å²) in [5.41, 5.74) is 0.625. The van der Waals surface area contributed by atoms with E-state index in [1.807, 2.05) is 12.3 Å². The van der Waals surface area contributed by atoms with Crippen LogP contribution in [-0.4, -0.2) is 28.4 Å². The number of thiophene rings is 1. The molecule has 0 bridgehead atoms. The van der Waals surface area contributed by atoms with Crippen molar-refractivity contribution in [2.45, 2.75) is 45.1 Å². The Morgan fingerprint density at radius 3 is 3.05 bits per heavy atom. The first kappa shape index (κ1) is 14.7. The number of hydrogen-bond acceptors (Lipinski definition) is 4. The Labute approximate surface area is 133 Å². The van der Waals surface area contributed by atoms with E-state index in [2.05, 4.69) is 27.4 Å². The van der Waals surface area contributed by atoms with Crippen LogP contribution in [0.3, 0.4) is 0 Å². The van der Waals surface area contributed by atoms with Crippen molar-refractivity contribution in [3.63, 3.8) is 0 Å². The minimum Gasteiger partial charge on any atom is -0.334 e. The number of piperidine rings is 1. The van der Waals surface area contributed by atoms with Gasteiger partial charge in [0.25, 0.3) is 5.91 Å². The Balaban J connectivity index is 1.67.